The van der Waals surface area contributed by atoms with Gasteiger partial charge in [0.15, 0.2) is 0 Å². The highest BCUT2D eigenvalue weighted by Gasteiger charge is 2.06. The first-order valence-corrected chi connectivity index (χ1v) is 7.04. The molecule has 1 heterocycles. The number of hydrogen-bond donors (Lipinski definition) is 1. The largest absolute Gasteiger partial charge is 0.383 e. The highest BCUT2D eigenvalue weighted by molar-refractivity contribution is 5.40. The predicted molar refractivity (Wildman–Crippen MR) is 78.9 cm³/mol. The third kappa shape index (κ3) is 3.88. The predicted octanol–water partition coefficient (Wildman–Crippen LogP) is 1.96. The van der Waals surface area contributed by atoms with Gasteiger partial charge in [-0.3, -0.25) is 0 Å². The van der Waals surface area contributed by atoms with Gasteiger partial charge in [0.2, 0.25) is 0 Å². The minimum absolute atomic E-state index is 0.702. The molecule has 0 aliphatic heterocycles. The number of benzene rings is 1. The standard InChI is InChI=1S/C15H22N4O/c1-3-6-13-7-4-5-8-15(13)19-12-14(17-18-19)11-16-9-10-20-2/h4-5,7-8,12,16H,3,6,9-11H2,1-2H3. The summed E-state index contributed by atoms with van der Waals surface area (Å²) in [6.07, 6.45) is 4.16. The van der Waals surface area contributed by atoms with Crippen molar-refractivity contribution in [2.75, 3.05) is 20.3 Å². The van der Waals surface area contributed by atoms with E-state index in [0.29, 0.717) is 13.2 Å². The first-order chi connectivity index (χ1) is 9.85. The molecule has 0 radical (unpaired) electrons. The monoisotopic (exact) mass is 274 g/mol. The molecule has 0 atom stereocenters. The molecule has 1 aromatic heterocycles. The summed E-state index contributed by atoms with van der Waals surface area (Å²) in [5, 5.41) is 11.7. The fourth-order valence-corrected chi connectivity index (χ4v) is 2.10. The molecule has 20 heavy (non-hydrogen) atoms. The molecular formula is C15H22N4O. The SMILES string of the molecule is CCCc1ccccc1-n1cc(CNCCOC)nn1. The van der Waals surface area contributed by atoms with E-state index < -0.39 is 0 Å². The Hall–Kier alpha value is -1.72. The second kappa shape index (κ2) is 7.77. The Morgan fingerprint density at radius 2 is 2.15 bits per heavy atom. The zero-order valence-corrected chi connectivity index (χ0v) is 12.2. The Kier molecular flexibility index (Phi) is 5.70. The summed E-state index contributed by atoms with van der Waals surface area (Å²) >= 11 is 0. The third-order valence-electron chi connectivity index (χ3n) is 3.09. The van der Waals surface area contributed by atoms with Gasteiger partial charge in [-0.15, -0.1) is 5.10 Å². The highest BCUT2D eigenvalue weighted by Crippen LogP contribution is 2.15. The Morgan fingerprint density at radius 1 is 1.30 bits per heavy atom. The molecule has 1 aromatic carbocycles. The van der Waals surface area contributed by atoms with Gasteiger partial charge in [-0.25, -0.2) is 4.68 Å². The average molecular weight is 274 g/mol. The van der Waals surface area contributed by atoms with Crippen molar-refractivity contribution in [1.82, 2.24) is 20.3 Å². The molecule has 0 unspecified atom stereocenters. The summed E-state index contributed by atoms with van der Waals surface area (Å²) in [6, 6.07) is 8.34. The quantitative estimate of drug-likeness (QED) is 0.748. The maximum atomic E-state index is 4.99. The summed E-state index contributed by atoms with van der Waals surface area (Å²) in [4.78, 5) is 0. The van der Waals surface area contributed by atoms with Gasteiger partial charge in [0.25, 0.3) is 0 Å². The molecular weight excluding hydrogens is 252 g/mol. The van der Waals surface area contributed by atoms with Crippen molar-refractivity contribution < 1.29 is 4.74 Å². The van der Waals surface area contributed by atoms with E-state index in [4.69, 9.17) is 4.74 Å². The molecule has 0 bridgehead atoms. The lowest BCUT2D eigenvalue weighted by Crippen LogP contribution is -2.18. The second-order valence-corrected chi connectivity index (χ2v) is 4.70. The van der Waals surface area contributed by atoms with Crippen LogP contribution in [0.15, 0.2) is 30.5 Å². The molecule has 5 heteroatoms. The molecule has 1 N–H and O–H groups in total. The van der Waals surface area contributed by atoms with E-state index in [9.17, 15) is 0 Å². The van der Waals surface area contributed by atoms with Gasteiger partial charge in [0, 0.05) is 20.2 Å². The Balaban J connectivity index is 2.04. The number of nitrogens with one attached hydrogen (secondary N) is 1. The summed E-state index contributed by atoms with van der Waals surface area (Å²) in [5.41, 5.74) is 3.36. The smallest absolute Gasteiger partial charge is 0.0969 e. The molecule has 0 saturated heterocycles. The number of ether oxygens (including phenoxy) is 1. The van der Waals surface area contributed by atoms with Crippen molar-refractivity contribution in [2.45, 2.75) is 26.3 Å². The van der Waals surface area contributed by atoms with E-state index in [1.807, 2.05) is 16.9 Å². The highest BCUT2D eigenvalue weighted by atomic mass is 16.5. The molecule has 0 saturated carbocycles. The first kappa shape index (κ1) is 14.7. The van der Waals surface area contributed by atoms with Gasteiger partial charge < -0.3 is 10.1 Å². The van der Waals surface area contributed by atoms with Crippen molar-refractivity contribution in [3.63, 3.8) is 0 Å². The van der Waals surface area contributed by atoms with E-state index >= 15 is 0 Å². The molecule has 0 aliphatic carbocycles. The van der Waals surface area contributed by atoms with Gasteiger partial charge >= 0.3 is 0 Å². The van der Waals surface area contributed by atoms with Gasteiger partial charge in [-0.1, -0.05) is 36.8 Å². The maximum Gasteiger partial charge on any atom is 0.0969 e. The van der Waals surface area contributed by atoms with Crippen LogP contribution in [0.25, 0.3) is 5.69 Å². The molecule has 0 fully saturated rings. The van der Waals surface area contributed by atoms with E-state index in [-0.39, 0.29) is 0 Å². The summed E-state index contributed by atoms with van der Waals surface area (Å²) in [6.45, 7) is 4.41. The van der Waals surface area contributed by atoms with Crippen molar-refractivity contribution in [3.05, 3.63) is 41.7 Å². The molecule has 108 valence electrons. The van der Waals surface area contributed by atoms with Crippen LogP contribution in [0, 0.1) is 0 Å². The van der Waals surface area contributed by atoms with Gasteiger partial charge in [0.05, 0.1) is 24.2 Å². The third-order valence-corrected chi connectivity index (χ3v) is 3.09. The summed E-state index contributed by atoms with van der Waals surface area (Å²) < 4.78 is 6.85. The van der Waals surface area contributed by atoms with Gasteiger partial charge in [0.1, 0.15) is 0 Å². The molecule has 0 spiro atoms. The first-order valence-electron chi connectivity index (χ1n) is 7.04. The van der Waals surface area contributed by atoms with Crippen LogP contribution < -0.4 is 5.32 Å². The minimum Gasteiger partial charge on any atom is -0.383 e. The van der Waals surface area contributed by atoms with Crippen LogP contribution in [0.3, 0.4) is 0 Å². The van der Waals surface area contributed by atoms with Crippen molar-refractivity contribution in [1.29, 1.82) is 0 Å². The van der Waals surface area contributed by atoms with Crippen LogP contribution in [-0.4, -0.2) is 35.3 Å². The Labute approximate surface area is 120 Å². The van der Waals surface area contributed by atoms with E-state index in [1.165, 1.54) is 5.56 Å². The Morgan fingerprint density at radius 3 is 2.95 bits per heavy atom. The summed E-state index contributed by atoms with van der Waals surface area (Å²) in [5.74, 6) is 0. The molecule has 0 aliphatic rings. The lowest BCUT2D eigenvalue weighted by Gasteiger charge is -2.07. The van der Waals surface area contributed by atoms with E-state index in [1.54, 1.807) is 7.11 Å². The normalized spacial score (nSPS) is 10.9. The van der Waals surface area contributed by atoms with Crippen molar-refractivity contribution in [3.8, 4) is 5.69 Å². The minimum atomic E-state index is 0.702. The zero-order valence-electron chi connectivity index (χ0n) is 12.2. The van der Waals surface area contributed by atoms with Crippen LogP contribution >= 0.6 is 0 Å². The number of para-hydroxylation sites is 1. The molecule has 2 aromatic rings. The molecule has 5 nitrogen and oxygen atoms in total. The van der Waals surface area contributed by atoms with E-state index in [0.717, 1.165) is 30.8 Å². The summed E-state index contributed by atoms with van der Waals surface area (Å²) in [7, 11) is 1.70. The van der Waals surface area contributed by atoms with Gasteiger partial charge in [-0.05, 0) is 18.1 Å². The van der Waals surface area contributed by atoms with Crippen LogP contribution in [0.1, 0.15) is 24.6 Å². The number of aromatic nitrogens is 3. The number of hydrogen-bond acceptors (Lipinski definition) is 4. The fraction of sp³-hybridized carbons (Fsp3) is 0.467. The van der Waals surface area contributed by atoms with Crippen LogP contribution in [-0.2, 0) is 17.7 Å². The maximum absolute atomic E-state index is 4.99. The zero-order chi connectivity index (χ0) is 14.2. The average Bonchev–Trinajstić information content (AvgIpc) is 2.93. The fourth-order valence-electron chi connectivity index (χ4n) is 2.10. The number of methoxy groups -OCH3 is 1. The van der Waals surface area contributed by atoms with Crippen LogP contribution in [0.5, 0.6) is 0 Å². The Bertz CT molecular complexity index is 524. The lowest BCUT2D eigenvalue weighted by molar-refractivity contribution is 0.199. The topological polar surface area (TPSA) is 52.0 Å². The lowest BCUT2D eigenvalue weighted by atomic mass is 10.1. The van der Waals surface area contributed by atoms with Gasteiger partial charge in [-0.2, -0.15) is 0 Å². The molecule has 2 rings (SSSR count). The van der Waals surface area contributed by atoms with Crippen molar-refractivity contribution in [2.24, 2.45) is 0 Å². The van der Waals surface area contributed by atoms with Crippen LogP contribution in [0.4, 0.5) is 0 Å². The number of rotatable bonds is 8. The number of nitrogens with zero attached hydrogens (tertiary/aromatic N) is 3. The van der Waals surface area contributed by atoms with Crippen molar-refractivity contribution >= 4 is 0 Å². The second-order valence-electron chi connectivity index (χ2n) is 4.70. The van der Waals surface area contributed by atoms with Crippen LogP contribution in [0.2, 0.25) is 0 Å². The van der Waals surface area contributed by atoms with E-state index in [2.05, 4.69) is 40.8 Å². The molecule has 0 amide bonds. The number of aryl methyl sites for hydroxylation is 1.